The molecule has 166 valence electrons. The fraction of sp³-hybridized carbons (Fsp3) is 0.0800. The molecule has 1 heterocycles. The van der Waals surface area contributed by atoms with E-state index in [1.165, 1.54) is 7.11 Å². The summed E-state index contributed by atoms with van der Waals surface area (Å²) in [7, 11) is 1.34. The molecule has 0 aliphatic carbocycles. The number of cyclic esters (lactones) is 1. The summed E-state index contributed by atoms with van der Waals surface area (Å²) in [6, 6.07) is 19.1. The van der Waals surface area contributed by atoms with Crippen molar-refractivity contribution in [2.24, 2.45) is 4.99 Å². The van der Waals surface area contributed by atoms with Gasteiger partial charge in [-0.25, -0.2) is 14.6 Å². The number of nitrogens with zero attached hydrogens (tertiary/aromatic N) is 1. The zero-order valence-electron chi connectivity index (χ0n) is 17.4. The van der Waals surface area contributed by atoms with Gasteiger partial charge >= 0.3 is 11.9 Å². The van der Waals surface area contributed by atoms with Gasteiger partial charge in [0.2, 0.25) is 5.90 Å². The first-order chi connectivity index (χ1) is 15.9. The topological polar surface area (TPSA) is 74.2 Å². The van der Waals surface area contributed by atoms with Gasteiger partial charge in [0.25, 0.3) is 0 Å². The SMILES string of the molecule is COC(=O)c1ccc(COc2ccc(/C=C3\N=C(c4ccc(Cl)c(Cl)c4)OC3=O)cc2)cc1. The number of methoxy groups -OCH3 is 1. The molecule has 0 radical (unpaired) electrons. The number of aliphatic imine (C=N–C) groups is 1. The number of ether oxygens (including phenoxy) is 3. The minimum atomic E-state index is -0.549. The van der Waals surface area contributed by atoms with E-state index in [2.05, 4.69) is 9.73 Å². The van der Waals surface area contributed by atoms with Gasteiger partial charge in [0.15, 0.2) is 5.70 Å². The Bertz CT molecular complexity index is 1260. The summed E-state index contributed by atoms with van der Waals surface area (Å²) in [5.74, 6) is -0.107. The Kier molecular flexibility index (Phi) is 6.77. The van der Waals surface area contributed by atoms with E-state index in [1.807, 2.05) is 12.1 Å². The van der Waals surface area contributed by atoms with Gasteiger partial charge in [-0.1, -0.05) is 47.5 Å². The van der Waals surface area contributed by atoms with Crippen LogP contribution in [0, 0.1) is 0 Å². The number of hydrogen-bond donors (Lipinski definition) is 0. The molecule has 3 aromatic rings. The van der Waals surface area contributed by atoms with Crippen LogP contribution in [-0.2, 0) is 20.9 Å². The van der Waals surface area contributed by atoms with Gasteiger partial charge in [0.05, 0.1) is 22.7 Å². The summed E-state index contributed by atoms with van der Waals surface area (Å²) in [4.78, 5) is 28.0. The van der Waals surface area contributed by atoms with Crippen LogP contribution in [0.15, 0.2) is 77.4 Å². The smallest absolute Gasteiger partial charge is 0.363 e. The zero-order valence-corrected chi connectivity index (χ0v) is 18.9. The quantitative estimate of drug-likeness (QED) is 0.333. The van der Waals surface area contributed by atoms with Crippen molar-refractivity contribution in [1.29, 1.82) is 0 Å². The van der Waals surface area contributed by atoms with Gasteiger partial charge in [-0.2, -0.15) is 0 Å². The van der Waals surface area contributed by atoms with E-state index >= 15 is 0 Å². The molecule has 0 spiro atoms. The van der Waals surface area contributed by atoms with Crippen molar-refractivity contribution >= 4 is 47.1 Å². The van der Waals surface area contributed by atoms with E-state index in [1.54, 1.807) is 60.7 Å². The van der Waals surface area contributed by atoms with Crippen LogP contribution < -0.4 is 4.74 Å². The summed E-state index contributed by atoms with van der Waals surface area (Å²) in [6.45, 7) is 0.339. The lowest BCUT2D eigenvalue weighted by atomic mass is 10.1. The molecule has 33 heavy (non-hydrogen) atoms. The molecule has 0 bridgehead atoms. The fourth-order valence-corrected chi connectivity index (χ4v) is 3.30. The Morgan fingerprint density at radius 1 is 1.00 bits per heavy atom. The number of benzene rings is 3. The van der Waals surface area contributed by atoms with Crippen LogP contribution in [0.5, 0.6) is 5.75 Å². The molecule has 0 unspecified atom stereocenters. The predicted molar refractivity (Wildman–Crippen MR) is 126 cm³/mol. The van der Waals surface area contributed by atoms with Crippen LogP contribution in [0.3, 0.4) is 0 Å². The Morgan fingerprint density at radius 3 is 2.39 bits per heavy atom. The Morgan fingerprint density at radius 2 is 1.73 bits per heavy atom. The van der Waals surface area contributed by atoms with E-state index in [0.717, 1.165) is 11.1 Å². The molecule has 6 nitrogen and oxygen atoms in total. The van der Waals surface area contributed by atoms with Crippen LogP contribution in [0.2, 0.25) is 10.0 Å². The second-order valence-electron chi connectivity index (χ2n) is 7.01. The molecule has 0 saturated carbocycles. The first-order valence-corrected chi connectivity index (χ1v) is 10.6. The molecule has 0 saturated heterocycles. The van der Waals surface area contributed by atoms with Crippen LogP contribution in [0.1, 0.15) is 27.0 Å². The van der Waals surface area contributed by atoms with Crippen molar-refractivity contribution in [3.8, 4) is 5.75 Å². The van der Waals surface area contributed by atoms with Crippen LogP contribution >= 0.6 is 23.2 Å². The number of hydrogen-bond acceptors (Lipinski definition) is 6. The van der Waals surface area contributed by atoms with Gasteiger partial charge < -0.3 is 14.2 Å². The standard InChI is InChI=1S/C25H17Cl2NO5/c1-31-24(29)17-6-2-16(3-7-17)14-32-19-9-4-15(5-10-19)12-22-25(30)33-23(28-22)18-8-11-20(26)21(27)13-18/h2-13H,14H2,1H3/b22-12-. The Hall–Kier alpha value is -3.61. The highest BCUT2D eigenvalue weighted by Crippen LogP contribution is 2.26. The van der Waals surface area contributed by atoms with Crippen LogP contribution in [-0.4, -0.2) is 24.9 Å². The van der Waals surface area contributed by atoms with Gasteiger partial charge in [-0.15, -0.1) is 0 Å². The van der Waals surface area contributed by atoms with E-state index in [-0.39, 0.29) is 17.6 Å². The molecule has 0 aromatic heterocycles. The number of esters is 2. The Balaban J connectivity index is 1.41. The van der Waals surface area contributed by atoms with Gasteiger partial charge in [-0.05, 0) is 59.7 Å². The molecule has 0 fully saturated rings. The van der Waals surface area contributed by atoms with Crippen LogP contribution in [0.4, 0.5) is 0 Å². The lowest BCUT2D eigenvalue weighted by molar-refractivity contribution is -0.129. The highest BCUT2D eigenvalue weighted by Gasteiger charge is 2.24. The summed E-state index contributed by atoms with van der Waals surface area (Å²) >= 11 is 12.0. The summed E-state index contributed by atoms with van der Waals surface area (Å²) in [5, 5.41) is 0.752. The minimum Gasteiger partial charge on any atom is -0.489 e. The van der Waals surface area contributed by atoms with Crippen molar-refractivity contribution in [3.05, 3.63) is 105 Å². The van der Waals surface area contributed by atoms with Gasteiger partial charge in [0, 0.05) is 5.56 Å². The average molecular weight is 482 g/mol. The maximum Gasteiger partial charge on any atom is 0.363 e. The average Bonchev–Trinajstić information content (AvgIpc) is 3.20. The molecule has 1 aliphatic rings. The van der Waals surface area contributed by atoms with Gasteiger partial charge in [0.1, 0.15) is 12.4 Å². The summed E-state index contributed by atoms with van der Waals surface area (Å²) in [6.07, 6.45) is 1.63. The second-order valence-corrected chi connectivity index (χ2v) is 7.83. The van der Waals surface area contributed by atoms with Crippen molar-refractivity contribution < 1.29 is 23.8 Å². The Labute approximate surface area is 200 Å². The number of rotatable bonds is 6. The molecule has 1 aliphatic heterocycles. The highest BCUT2D eigenvalue weighted by atomic mass is 35.5. The molecule has 0 atom stereocenters. The van der Waals surface area contributed by atoms with E-state index in [0.29, 0.717) is 33.5 Å². The summed E-state index contributed by atoms with van der Waals surface area (Å²) in [5.41, 5.74) is 2.89. The molecular weight excluding hydrogens is 465 g/mol. The van der Waals surface area contributed by atoms with E-state index in [4.69, 9.17) is 32.7 Å². The first-order valence-electron chi connectivity index (χ1n) is 9.81. The first kappa shape index (κ1) is 22.6. The predicted octanol–water partition coefficient (Wildman–Crippen LogP) is 5.70. The monoisotopic (exact) mass is 481 g/mol. The number of halogens is 2. The largest absolute Gasteiger partial charge is 0.489 e. The highest BCUT2D eigenvalue weighted by molar-refractivity contribution is 6.42. The van der Waals surface area contributed by atoms with E-state index in [9.17, 15) is 9.59 Å². The fourth-order valence-electron chi connectivity index (χ4n) is 3.00. The molecule has 4 rings (SSSR count). The normalized spacial score (nSPS) is 14.1. The summed E-state index contributed by atoms with van der Waals surface area (Å²) < 4.78 is 15.7. The van der Waals surface area contributed by atoms with Crippen LogP contribution in [0.25, 0.3) is 6.08 Å². The third kappa shape index (κ3) is 5.42. The second kappa shape index (κ2) is 9.90. The third-order valence-electron chi connectivity index (χ3n) is 4.75. The van der Waals surface area contributed by atoms with Gasteiger partial charge in [-0.3, -0.25) is 0 Å². The van der Waals surface area contributed by atoms with Crippen molar-refractivity contribution in [3.63, 3.8) is 0 Å². The maximum atomic E-state index is 12.2. The maximum absolute atomic E-state index is 12.2. The minimum absolute atomic E-state index is 0.169. The molecule has 8 heteroatoms. The lowest BCUT2D eigenvalue weighted by Crippen LogP contribution is -2.05. The molecule has 3 aromatic carbocycles. The zero-order chi connectivity index (χ0) is 23.4. The van der Waals surface area contributed by atoms with Crippen molar-refractivity contribution in [2.45, 2.75) is 6.61 Å². The van der Waals surface area contributed by atoms with Crippen molar-refractivity contribution in [2.75, 3.05) is 7.11 Å². The molecule has 0 amide bonds. The van der Waals surface area contributed by atoms with Crippen molar-refractivity contribution in [1.82, 2.24) is 0 Å². The molecular formula is C25H17Cl2NO5. The van der Waals surface area contributed by atoms with E-state index < -0.39 is 5.97 Å². The molecule has 0 N–H and O–H groups in total. The lowest BCUT2D eigenvalue weighted by Gasteiger charge is -2.07. The number of carbonyl (C=O) groups is 2. The third-order valence-corrected chi connectivity index (χ3v) is 5.49. The number of carbonyl (C=O) groups excluding carboxylic acids is 2.